The zero-order valence-corrected chi connectivity index (χ0v) is 14.9. The van der Waals surface area contributed by atoms with E-state index in [0.29, 0.717) is 11.7 Å². The highest BCUT2D eigenvalue weighted by Crippen LogP contribution is 2.65. The van der Waals surface area contributed by atoms with Crippen molar-refractivity contribution in [3.8, 4) is 0 Å². The topological polar surface area (TPSA) is 54.4 Å². The van der Waals surface area contributed by atoms with Crippen molar-refractivity contribution in [1.82, 2.24) is 0 Å². The van der Waals surface area contributed by atoms with Crippen molar-refractivity contribution in [2.45, 2.75) is 40.5 Å². The molecule has 2 bridgehead atoms. The minimum Gasteiger partial charge on any atom is -0.478 e. The fraction of sp³-hybridized carbons (Fsp3) is 0.429. The maximum absolute atomic E-state index is 12.7. The summed E-state index contributed by atoms with van der Waals surface area (Å²) in [7, 11) is 0. The van der Waals surface area contributed by atoms with E-state index >= 15 is 0 Å². The van der Waals surface area contributed by atoms with Crippen LogP contribution in [0, 0.1) is 23.7 Å². The van der Waals surface area contributed by atoms with Crippen molar-refractivity contribution in [3.63, 3.8) is 0 Å². The van der Waals surface area contributed by atoms with Gasteiger partial charge < -0.3 is 5.11 Å². The predicted octanol–water partition coefficient (Wildman–Crippen LogP) is 4.66. The fourth-order valence-corrected chi connectivity index (χ4v) is 3.94. The first-order valence-electron chi connectivity index (χ1n) is 8.32. The molecule has 2 aliphatic rings. The minimum atomic E-state index is -0.981. The van der Waals surface area contributed by atoms with Crippen LogP contribution in [0.5, 0.6) is 0 Å². The summed E-state index contributed by atoms with van der Waals surface area (Å²) in [5, 5.41) is 7.60. The van der Waals surface area contributed by atoms with Crippen molar-refractivity contribution >= 4 is 17.8 Å². The Labute approximate surface area is 144 Å². The number of aryl methyl sites for hydroxylation is 1. The van der Waals surface area contributed by atoms with Crippen LogP contribution < -0.4 is 0 Å². The maximum Gasteiger partial charge on any atom is 0.327 e. The Kier molecular flexibility index (Phi) is 4.84. The molecule has 0 spiro atoms. The van der Waals surface area contributed by atoms with Gasteiger partial charge in [-0.25, -0.2) is 4.79 Å². The van der Waals surface area contributed by atoms with Gasteiger partial charge in [0.25, 0.3) is 0 Å². The Hall–Kier alpha value is -2.16. The van der Waals surface area contributed by atoms with Crippen molar-refractivity contribution in [2.24, 2.45) is 16.7 Å². The highest BCUT2D eigenvalue weighted by molar-refractivity contribution is 6.07. The van der Waals surface area contributed by atoms with Gasteiger partial charge in [0.05, 0.1) is 0 Å². The number of hydrogen-bond acceptors (Lipinski definition) is 2. The molecule has 2 aliphatic carbocycles. The number of Topliss-reactive ketones (excluding diaryl/α,β-unsaturated/α-hetero) is 1. The highest BCUT2D eigenvalue weighted by atomic mass is 16.4. The number of ketones is 1. The van der Waals surface area contributed by atoms with E-state index in [1.807, 2.05) is 0 Å². The van der Waals surface area contributed by atoms with E-state index in [2.05, 4.69) is 64.6 Å². The summed E-state index contributed by atoms with van der Waals surface area (Å²) in [4.78, 5) is 22.0. The SMILES string of the molecule is C=CC(=O)O.Cc1ccc(C=C2C(=O)C3(C)CCC2C3(C)C)cc1. The largest absolute Gasteiger partial charge is 0.478 e. The average Bonchev–Trinajstić information content (AvgIpc) is 2.84. The number of rotatable bonds is 2. The summed E-state index contributed by atoms with van der Waals surface area (Å²) in [5.41, 5.74) is 3.44. The lowest BCUT2D eigenvalue weighted by molar-refractivity contribution is -0.131. The number of allylic oxidation sites excluding steroid dienone is 1. The van der Waals surface area contributed by atoms with Crippen LogP contribution in [-0.2, 0) is 9.59 Å². The number of carboxylic acids is 1. The maximum atomic E-state index is 12.7. The van der Waals surface area contributed by atoms with Gasteiger partial charge in [0, 0.05) is 11.5 Å². The normalized spacial score (nSPS) is 28.4. The van der Waals surface area contributed by atoms with E-state index in [9.17, 15) is 9.59 Å². The van der Waals surface area contributed by atoms with Gasteiger partial charge in [-0.1, -0.05) is 57.2 Å². The van der Waals surface area contributed by atoms with Gasteiger partial charge >= 0.3 is 5.97 Å². The number of carbonyl (C=O) groups excluding carboxylic acids is 1. The van der Waals surface area contributed by atoms with Gasteiger partial charge in [-0.2, -0.15) is 0 Å². The second-order valence-corrected chi connectivity index (χ2v) is 7.53. The van der Waals surface area contributed by atoms with Crippen molar-refractivity contribution in [3.05, 3.63) is 53.6 Å². The molecular formula is C21H26O3. The van der Waals surface area contributed by atoms with E-state index < -0.39 is 5.97 Å². The van der Waals surface area contributed by atoms with Gasteiger partial charge in [-0.05, 0) is 48.3 Å². The Morgan fingerprint density at radius 2 is 1.79 bits per heavy atom. The Morgan fingerprint density at radius 1 is 1.25 bits per heavy atom. The number of carbonyl (C=O) groups is 2. The molecule has 0 aliphatic heterocycles. The monoisotopic (exact) mass is 326 g/mol. The molecule has 2 fully saturated rings. The standard InChI is InChI=1S/C18H22O.C3H4O2/c1-12-5-7-13(8-6-12)11-14-15-9-10-18(4,16(14)19)17(15,2)3;1-2-3(4)5/h5-8,11,15H,9-10H2,1-4H3;2H,1H2,(H,4,5). The number of benzene rings is 1. The van der Waals surface area contributed by atoms with Gasteiger partial charge in [-0.3, -0.25) is 4.79 Å². The predicted molar refractivity (Wildman–Crippen MR) is 96.6 cm³/mol. The van der Waals surface area contributed by atoms with Crippen molar-refractivity contribution in [2.75, 3.05) is 0 Å². The highest BCUT2D eigenvalue weighted by Gasteiger charge is 2.63. The molecule has 0 amide bonds. The van der Waals surface area contributed by atoms with Crippen LogP contribution >= 0.6 is 0 Å². The molecule has 3 rings (SSSR count). The van der Waals surface area contributed by atoms with E-state index in [1.165, 1.54) is 5.56 Å². The molecule has 1 N–H and O–H groups in total. The summed E-state index contributed by atoms with van der Waals surface area (Å²) in [6, 6.07) is 8.43. The van der Waals surface area contributed by atoms with E-state index in [1.54, 1.807) is 0 Å². The number of fused-ring (bicyclic) bond motifs is 2. The van der Waals surface area contributed by atoms with Gasteiger partial charge in [0.1, 0.15) is 0 Å². The lowest BCUT2D eigenvalue weighted by Crippen LogP contribution is -2.32. The minimum absolute atomic E-state index is 0.112. The third kappa shape index (κ3) is 2.95. The molecule has 2 unspecified atom stereocenters. The molecule has 2 atom stereocenters. The van der Waals surface area contributed by atoms with Crippen LogP contribution in [0.1, 0.15) is 44.7 Å². The third-order valence-electron chi connectivity index (χ3n) is 5.94. The first-order valence-corrected chi connectivity index (χ1v) is 8.32. The zero-order chi connectivity index (χ0) is 18.1. The first kappa shape index (κ1) is 18.2. The molecule has 0 heterocycles. The second-order valence-electron chi connectivity index (χ2n) is 7.53. The van der Waals surface area contributed by atoms with Crippen LogP contribution in [-0.4, -0.2) is 16.9 Å². The average molecular weight is 326 g/mol. The molecule has 3 nitrogen and oxygen atoms in total. The van der Waals surface area contributed by atoms with Crippen LogP contribution in [0.25, 0.3) is 6.08 Å². The molecule has 0 saturated heterocycles. The summed E-state index contributed by atoms with van der Waals surface area (Å²) < 4.78 is 0. The van der Waals surface area contributed by atoms with E-state index in [0.717, 1.165) is 30.1 Å². The zero-order valence-electron chi connectivity index (χ0n) is 14.9. The first-order chi connectivity index (χ1) is 11.1. The lowest BCUT2D eigenvalue weighted by atomic mass is 9.70. The number of hydrogen-bond donors (Lipinski definition) is 1. The fourth-order valence-electron chi connectivity index (χ4n) is 3.94. The quantitative estimate of drug-likeness (QED) is 0.804. The molecule has 128 valence electrons. The van der Waals surface area contributed by atoms with Crippen LogP contribution in [0.3, 0.4) is 0 Å². The molecular weight excluding hydrogens is 300 g/mol. The van der Waals surface area contributed by atoms with Crippen LogP contribution in [0.2, 0.25) is 0 Å². The Bertz CT molecular complexity index is 694. The summed E-state index contributed by atoms with van der Waals surface area (Å²) in [6.45, 7) is 11.7. The molecule has 1 aromatic carbocycles. The van der Waals surface area contributed by atoms with Crippen molar-refractivity contribution < 1.29 is 14.7 Å². The smallest absolute Gasteiger partial charge is 0.327 e. The van der Waals surface area contributed by atoms with Gasteiger partial charge in [-0.15, -0.1) is 0 Å². The van der Waals surface area contributed by atoms with Gasteiger partial charge in [0.15, 0.2) is 5.78 Å². The van der Waals surface area contributed by atoms with Gasteiger partial charge in [0.2, 0.25) is 0 Å². The second kappa shape index (κ2) is 6.39. The van der Waals surface area contributed by atoms with Crippen molar-refractivity contribution in [1.29, 1.82) is 0 Å². The molecule has 2 saturated carbocycles. The Balaban J connectivity index is 0.000000368. The molecule has 24 heavy (non-hydrogen) atoms. The lowest BCUT2D eigenvalue weighted by Gasteiger charge is -2.31. The van der Waals surface area contributed by atoms with Crippen LogP contribution in [0.15, 0.2) is 42.5 Å². The molecule has 0 aromatic heterocycles. The number of carboxylic acid groups (broad SMARTS) is 1. The third-order valence-corrected chi connectivity index (χ3v) is 5.94. The summed E-state index contributed by atoms with van der Waals surface area (Å²) >= 11 is 0. The van der Waals surface area contributed by atoms with Crippen LogP contribution in [0.4, 0.5) is 0 Å². The van der Waals surface area contributed by atoms with E-state index in [-0.39, 0.29) is 10.8 Å². The van der Waals surface area contributed by atoms with E-state index in [4.69, 9.17) is 5.11 Å². The summed E-state index contributed by atoms with van der Waals surface area (Å²) in [6.07, 6.45) is 5.17. The number of aliphatic carboxylic acids is 1. The Morgan fingerprint density at radius 3 is 2.21 bits per heavy atom. The molecule has 0 radical (unpaired) electrons. The summed E-state index contributed by atoms with van der Waals surface area (Å²) in [5.74, 6) is -0.161. The molecule has 3 heteroatoms. The molecule has 1 aromatic rings.